The van der Waals surface area contributed by atoms with Gasteiger partial charge in [0.2, 0.25) is 0 Å². The number of hydrogen-bond donors (Lipinski definition) is 2. The van der Waals surface area contributed by atoms with Gasteiger partial charge in [-0.25, -0.2) is 0 Å². The topological polar surface area (TPSA) is 50.4 Å². The van der Waals surface area contributed by atoms with Gasteiger partial charge in [-0.1, -0.05) is 13.3 Å². The van der Waals surface area contributed by atoms with E-state index in [4.69, 9.17) is 4.74 Å². The van der Waals surface area contributed by atoms with Crippen molar-refractivity contribution in [3.63, 3.8) is 0 Å². The van der Waals surface area contributed by atoms with Crippen LogP contribution < -0.4 is 15.4 Å². The van der Waals surface area contributed by atoms with E-state index in [0.29, 0.717) is 0 Å². The van der Waals surface area contributed by atoms with Crippen LogP contribution in [-0.2, 0) is 0 Å². The number of Topliss-reactive ketones (excluding diaryl/α,β-unsaturated/α-hetero) is 1. The molecule has 2 atom stereocenters. The van der Waals surface area contributed by atoms with Crippen molar-refractivity contribution in [3.8, 4) is 5.75 Å². The second kappa shape index (κ2) is 6.75. The number of anilines is 1. The van der Waals surface area contributed by atoms with Crippen molar-refractivity contribution >= 4 is 11.5 Å². The Morgan fingerprint density at radius 3 is 3.10 bits per heavy atom. The van der Waals surface area contributed by atoms with Crippen LogP contribution in [0.4, 0.5) is 5.69 Å². The molecule has 0 aromatic heterocycles. The summed E-state index contributed by atoms with van der Waals surface area (Å²) in [6.45, 7) is 7.74. The highest BCUT2D eigenvalue weighted by Crippen LogP contribution is 2.30. The summed E-state index contributed by atoms with van der Waals surface area (Å²) in [6.07, 6.45) is 2.39. The summed E-state index contributed by atoms with van der Waals surface area (Å²) in [5.41, 5.74) is 1.64. The molecule has 2 unspecified atom stereocenters. The second-order valence-corrected chi connectivity index (χ2v) is 5.41. The molecule has 1 heterocycles. The summed E-state index contributed by atoms with van der Waals surface area (Å²) < 4.78 is 5.72. The third-order valence-electron chi connectivity index (χ3n) is 3.55. The van der Waals surface area contributed by atoms with Gasteiger partial charge in [-0.05, 0) is 45.0 Å². The van der Waals surface area contributed by atoms with Gasteiger partial charge >= 0.3 is 0 Å². The zero-order valence-electron chi connectivity index (χ0n) is 12.5. The molecule has 0 saturated carbocycles. The smallest absolute Gasteiger partial charge is 0.179 e. The number of rotatable bonds is 6. The van der Waals surface area contributed by atoms with Gasteiger partial charge in [-0.2, -0.15) is 0 Å². The first kappa shape index (κ1) is 14.9. The zero-order valence-corrected chi connectivity index (χ0v) is 12.5. The zero-order chi connectivity index (χ0) is 14.5. The van der Waals surface area contributed by atoms with Crippen LogP contribution in [-0.4, -0.2) is 31.0 Å². The van der Waals surface area contributed by atoms with Crippen LogP contribution in [0.15, 0.2) is 18.2 Å². The Bertz CT molecular complexity index is 474. The molecule has 20 heavy (non-hydrogen) atoms. The molecule has 1 aromatic rings. The number of carbonyl (C=O) groups excluding carboxylic acids is 1. The number of benzene rings is 1. The fourth-order valence-corrected chi connectivity index (χ4v) is 2.27. The summed E-state index contributed by atoms with van der Waals surface area (Å²) in [4.78, 5) is 12.4. The predicted octanol–water partition coefficient (Wildman–Crippen LogP) is 2.84. The van der Waals surface area contributed by atoms with Gasteiger partial charge in [0.25, 0.3) is 0 Å². The number of carbonyl (C=O) groups is 1. The number of nitrogens with one attached hydrogen (secondary N) is 2. The van der Waals surface area contributed by atoms with Crippen molar-refractivity contribution in [2.75, 3.05) is 18.4 Å². The van der Waals surface area contributed by atoms with E-state index >= 15 is 0 Å². The van der Waals surface area contributed by atoms with E-state index in [2.05, 4.69) is 17.6 Å². The summed E-state index contributed by atoms with van der Waals surface area (Å²) in [5.74, 6) is 0.955. The summed E-state index contributed by atoms with van der Waals surface area (Å²) >= 11 is 0. The van der Waals surface area contributed by atoms with Gasteiger partial charge in [0.1, 0.15) is 11.9 Å². The van der Waals surface area contributed by atoms with Crippen LogP contribution in [0, 0.1) is 0 Å². The van der Waals surface area contributed by atoms with Crippen molar-refractivity contribution in [2.45, 2.75) is 45.8 Å². The van der Waals surface area contributed by atoms with Crippen molar-refractivity contribution in [1.29, 1.82) is 0 Å². The highest BCUT2D eigenvalue weighted by Gasteiger charge is 2.19. The van der Waals surface area contributed by atoms with Gasteiger partial charge in [0.05, 0.1) is 18.3 Å². The van der Waals surface area contributed by atoms with Crippen LogP contribution in [0.3, 0.4) is 0 Å². The highest BCUT2D eigenvalue weighted by molar-refractivity contribution is 6.01. The van der Waals surface area contributed by atoms with Crippen LogP contribution in [0.1, 0.15) is 44.0 Å². The third kappa shape index (κ3) is 3.51. The predicted molar refractivity (Wildman–Crippen MR) is 81.7 cm³/mol. The Morgan fingerprint density at radius 2 is 2.35 bits per heavy atom. The average Bonchev–Trinajstić information content (AvgIpc) is 2.46. The molecule has 0 bridgehead atoms. The lowest BCUT2D eigenvalue weighted by Gasteiger charge is -2.25. The molecular weight excluding hydrogens is 252 g/mol. The molecule has 2 N–H and O–H groups in total. The molecule has 1 aromatic carbocycles. The average molecular weight is 276 g/mol. The number of unbranched alkanes of at least 4 members (excludes halogenated alkanes) is 1. The van der Waals surface area contributed by atoms with Gasteiger partial charge in [-0.15, -0.1) is 0 Å². The molecule has 110 valence electrons. The normalized spacial score (nSPS) is 18.6. The Kier molecular flexibility index (Phi) is 5.01. The lowest BCUT2D eigenvalue weighted by Crippen LogP contribution is -2.35. The lowest BCUT2D eigenvalue weighted by molar-refractivity contribution is 0.0951. The van der Waals surface area contributed by atoms with E-state index in [1.807, 2.05) is 32.0 Å². The molecule has 0 aliphatic carbocycles. The number of ether oxygens (including phenoxy) is 1. The third-order valence-corrected chi connectivity index (χ3v) is 3.55. The molecular formula is C16H24N2O2. The second-order valence-electron chi connectivity index (χ2n) is 5.41. The quantitative estimate of drug-likeness (QED) is 0.619. The van der Waals surface area contributed by atoms with Gasteiger partial charge < -0.3 is 15.4 Å². The molecule has 0 spiro atoms. The minimum absolute atomic E-state index is 0.129. The number of hydrogen-bond acceptors (Lipinski definition) is 4. The Balaban J connectivity index is 2.03. The first-order valence-corrected chi connectivity index (χ1v) is 7.44. The van der Waals surface area contributed by atoms with Gasteiger partial charge in [-0.3, -0.25) is 4.79 Å². The van der Waals surface area contributed by atoms with E-state index < -0.39 is 0 Å². The maximum atomic E-state index is 12.4. The van der Waals surface area contributed by atoms with E-state index in [0.717, 1.165) is 42.9 Å². The largest absolute Gasteiger partial charge is 0.487 e. The molecule has 0 amide bonds. The van der Waals surface area contributed by atoms with Crippen molar-refractivity contribution < 1.29 is 9.53 Å². The summed E-state index contributed by atoms with van der Waals surface area (Å²) in [7, 11) is 0. The lowest BCUT2D eigenvalue weighted by atomic mass is 10.0. The number of ketones is 1. The minimum Gasteiger partial charge on any atom is -0.487 e. The van der Waals surface area contributed by atoms with Gasteiger partial charge in [0.15, 0.2) is 5.78 Å². The van der Waals surface area contributed by atoms with Crippen LogP contribution in [0.5, 0.6) is 5.75 Å². The van der Waals surface area contributed by atoms with Crippen molar-refractivity contribution in [1.82, 2.24) is 5.32 Å². The number of fused-ring (bicyclic) bond motifs is 1. The van der Waals surface area contributed by atoms with Crippen LogP contribution in [0.25, 0.3) is 0 Å². The first-order chi connectivity index (χ1) is 9.61. The molecule has 4 heteroatoms. The highest BCUT2D eigenvalue weighted by atomic mass is 16.5. The molecule has 1 aliphatic rings. The molecule has 0 saturated heterocycles. The maximum Gasteiger partial charge on any atom is 0.179 e. The van der Waals surface area contributed by atoms with Crippen LogP contribution in [0.2, 0.25) is 0 Å². The molecule has 1 aliphatic heterocycles. The molecule has 4 nitrogen and oxygen atoms in total. The SMILES string of the molecule is CCCCNC(C)C(=O)c1ccc2c(c1)NCC(C)O2. The van der Waals surface area contributed by atoms with E-state index in [-0.39, 0.29) is 17.9 Å². The summed E-state index contributed by atoms with van der Waals surface area (Å²) in [6, 6.07) is 5.47. The monoisotopic (exact) mass is 276 g/mol. The molecule has 0 radical (unpaired) electrons. The Morgan fingerprint density at radius 1 is 1.55 bits per heavy atom. The first-order valence-electron chi connectivity index (χ1n) is 7.44. The van der Waals surface area contributed by atoms with E-state index in [1.54, 1.807) is 0 Å². The van der Waals surface area contributed by atoms with E-state index in [9.17, 15) is 4.79 Å². The summed E-state index contributed by atoms with van der Waals surface area (Å²) in [5, 5.41) is 6.57. The van der Waals surface area contributed by atoms with E-state index in [1.165, 1.54) is 0 Å². The fraction of sp³-hybridized carbons (Fsp3) is 0.562. The molecule has 2 rings (SSSR count). The maximum absolute atomic E-state index is 12.4. The molecule has 0 fully saturated rings. The van der Waals surface area contributed by atoms with Crippen LogP contribution >= 0.6 is 0 Å². The van der Waals surface area contributed by atoms with Crippen molar-refractivity contribution in [3.05, 3.63) is 23.8 Å². The minimum atomic E-state index is -0.150. The van der Waals surface area contributed by atoms with Crippen molar-refractivity contribution in [2.24, 2.45) is 0 Å². The Labute approximate surface area is 120 Å². The van der Waals surface area contributed by atoms with Gasteiger partial charge in [0, 0.05) is 5.56 Å². The fourth-order valence-electron chi connectivity index (χ4n) is 2.27. The Hall–Kier alpha value is -1.55. The standard InChI is InChI=1S/C16H24N2O2/c1-4-5-8-17-12(3)16(19)13-6-7-15-14(9-13)18-10-11(2)20-15/h6-7,9,11-12,17-18H,4-5,8,10H2,1-3H3.